The van der Waals surface area contributed by atoms with Gasteiger partial charge < -0.3 is 9.47 Å². The average Bonchev–Trinajstić information content (AvgIpc) is 2.61. The van der Waals surface area contributed by atoms with Gasteiger partial charge in [-0.2, -0.15) is 0 Å². The minimum absolute atomic E-state index is 0.296. The molecule has 1 rings (SSSR count). The summed E-state index contributed by atoms with van der Waals surface area (Å²) in [5, 5.41) is 0. The first-order valence-electron chi connectivity index (χ1n) is 5.96. The molecule has 5 heteroatoms. The second-order valence-corrected chi connectivity index (χ2v) is 4.83. The van der Waals surface area contributed by atoms with Gasteiger partial charge in [-0.05, 0) is 12.2 Å². The molecule has 0 aromatic carbocycles. The van der Waals surface area contributed by atoms with Gasteiger partial charge in [0.25, 0.3) is 0 Å². The van der Waals surface area contributed by atoms with E-state index in [4.69, 9.17) is 9.47 Å². The van der Waals surface area contributed by atoms with E-state index >= 15 is 0 Å². The molecule has 0 amide bonds. The van der Waals surface area contributed by atoms with Gasteiger partial charge in [0.15, 0.2) is 11.9 Å². The van der Waals surface area contributed by atoms with Gasteiger partial charge in [0.1, 0.15) is 0 Å². The summed E-state index contributed by atoms with van der Waals surface area (Å²) >= 11 is 0. The maximum absolute atomic E-state index is 11.5. The van der Waals surface area contributed by atoms with E-state index in [-0.39, 0.29) is 17.6 Å². The summed E-state index contributed by atoms with van der Waals surface area (Å²) in [6.07, 6.45) is 0.870. The third-order valence-electron chi connectivity index (χ3n) is 2.47. The normalized spacial score (nSPS) is 22.7. The second kappa shape index (κ2) is 5.80. The van der Waals surface area contributed by atoms with Crippen LogP contribution in [0.3, 0.4) is 0 Å². The Balaban J connectivity index is 2.67. The van der Waals surface area contributed by atoms with Gasteiger partial charge in [-0.3, -0.25) is 14.4 Å². The first kappa shape index (κ1) is 14.4. The predicted octanol–water partition coefficient (Wildman–Crippen LogP) is 1.26. The fraction of sp³-hybridized carbons (Fsp3) is 0.615. The van der Waals surface area contributed by atoms with Crippen LogP contribution in [0.5, 0.6) is 0 Å². The summed E-state index contributed by atoms with van der Waals surface area (Å²) in [6.45, 7) is 6.73. The Labute approximate surface area is 106 Å². The van der Waals surface area contributed by atoms with Crippen LogP contribution in [-0.2, 0) is 23.9 Å². The first-order valence-corrected chi connectivity index (χ1v) is 5.96. The van der Waals surface area contributed by atoms with E-state index in [1.54, 1.807) is 27.7 Å². The molecule has 0 saturated heterocycles. The van der Waals surface area contributed by atoms with Crippen molar-refractivity contribution in [1.82, 2.24) is 0 Å². The minimum Gasteiger partial charge on any atom is -0.453 e. The van der Waals surface area contributed by atoms with Crippen LogP contribution in [0.4, 0.5) is 0 Å². The number of rotatable bonds is 4. The second-order valence-electron chi connectivity index (χ2n) is 4.83. The third kappa shape index (κ3) is 3.42. The van der Waals surface area contributed by atoms with Gasteiger partial charge in [0.2, 0.25) is 6.10 Å². The van der Waals surface area contributed by atoms with Crippen molar-refractivity contribution >= 4 is 17.7 Å². The van der Waals surface area contributed by atoms with E-state index in [2.05, 4.69) is 0 Å². The Morgan fingerprint density at radius 2 is 1.56 bits per heavy atom. The highest BCUT2D eigenvalue weighted by atomic mass is 16.6. The van der Waals surface area contributed by atoms with Crippen molar-refractivity contribution in [3.63, 3.8) is 0 Å². The molecule has 5 nitrogen and oxygen atoms in total. The molecule has 0 saturated carbocycles. The molecule has 0 radical (unpaired) electrons. The molecule has 0 aromatic heterocycles. The maximum Gasteiger partial charge on any atom is 0.309 e. The fourth-order valence-electron chi connectivity index (χ4n) is 1.30. The SMILES string of the molecule is CC(C)C(=O)OC1C=CC(=O)C1OC(=O)C(C)C. The van der Waals surface area contributed by atoms with Crippen LogP contribution >= 0.6 is 0 Å². The molecule has 0 spiro atoms. The Morgan fingerprint density at radius 3 is 2.06 bits per heavy atom. The van der Waals surface area contributed by atoms with Crippen molar-refractivity contribution in [2.75, 3.05) is 0 Å². The molecular weight excluding hydrogens is 236 g/mol. The molecule has 0 fully saturated rings. The van der Waals surface area contributed by atoms with Crippen LogP contribution in [0, 0.1) is 11.8 Å². The summed E-state index contributed by atoms with van der Waals surface area (Å²) in [5.74, 6) is -1.89. The van der Waals surface area contributed by atoms with Crippen molar-refractivity contribution in [1.29, 1.82) is 0 Å². The fourth-order valence-corrected chi connectivity index (χ4v) is 1.30. The summed E-state index contributed by atoms with van der Waals surface area (Å²) in [4.78, 5) is 34.5. The number of ether oxygens (including phenoxy) is 2. The van der Waals surface area contributed by atoms with Crippen molar-refractivity contribution in [2.45, 2.75) is 39.9 Å². The molecule has 1 aliphatic carbocycles. The number of carbonyl (C=O) groups is 3. The highest BCUT2D eigenvalue weighted by Crippen LogP contribution is 2.18. The monoisotopic (exact) mass is 254 g/mol. The van der Waals surface area contributed by atoms with Gasteiger partial charge in [0.05, 0.1) is 11.8 Å². The molecule has 0 aliphatic heterocycles. The van der Waals surface area contributed by atoms with Crippen molar-refractivity contribution in [3.8, 4) is 0 Å². The van der Waals surface area contributed by atoms with Crippen LogP contribution in [0.1, 0.15) is 27.7 Å². The minimum atomic E-state index is -1.04. The van der Waals surface area contributed by atoms with Gasteiger partial charge in [-0.15, -0.1) is 0 Å². The van der Waals surface area contributed by atoms with Crippen LogP contribution in [0.25, 0.3) is 0 Å². The van der Waals surface area contributed by atoms with E-state index in [1.165, 1.54) is 12.2 Å². The zero-order valence-electron chi connectivity index (χ0n) is 11.0. The van der Waals surface area contributed by atoms with Gasteiger partial charge in [-0.1, -0.05) is 27.7 Å². The Hall–Kier alpha value is -1.65. The number of esters is 2. The Morgan fingerprint density at radius 1 is 1.06 bits per heavy atom. The third-order valence-corrected chi connectivity index (χ3v) is 2.47. The highest BCUT2D eigenvalue weighted by Gasteiger charge is 2.37. The molecule has 0 heterocycles. The number of ketones is 1. The molecule has 18 heavy (non-hydrogen) atoms. The van der Waals surface area contributed by atoms with E-state index in [1.807, 2.05) is 0 Å². The van der Waals surface area contributed by atoms with Gasteiger partial charge in [0, 0.05) is 0 Å². The van der Waals surface area contributed by atoms with Crippen molar-refractivity contribution in [3.05, 3.63) is 12.2 Å². The molecule has 0 aromatic rings. The van der Waals surface area contributed by atoms with Gasteiger partial charge >= 0.3 is 11.9 Å². The van der Waals surface area contributed by atoms with Crippen LogP contribution in [0.2, 0.25) is 0 Å². The van der Waals surface area contributed by atoms with E-state index < -0.39 is 24.1 Å². The lowest BCUT2D eigenvalue weighted by molar-refractivity contribution is -0.169. The lowest BCUT2D eigenvalue weighted by atomic mass is 10.2. The predicted molar refractivity (Wildman–Crippen MR) is 63.6 cm³/mol. The quantitative estimate of drug-likeness (QED) is 0.706. The van der Waals surface area contributed by atoms with Crippen LogP contribution < -0.4 is 0 Å². The van der Waals surface area contributed by atoms with Crippen molar-refractivity contribution < 1.29 is 23.9 Å². The number of hydrogen-bond donors (Lipinski definition) is 0. The zero-order chi connectivity index (χ0) is 13.9. The van der Waals surface area contributed by atoms with Gasteiger partial charge in [-0.25, -0.2) is 0 Å². The molecule has 0 N–H and O–H groups in total. The molecule has 100 valence electrons. The number of carbonyl (C=O) groups excluding carboxylic acids is 3. The first-order chi connectivity index (χ1) is 8.32. The average molecular weight is 254 g/mol. The summed E-state index contributed by atoms with van der Waals surface area (Å²) in [5.41, 5.74) is 0. The molecule has 0 bridgehead atoms. The molecule has 2 atom stereocenters. The van der Waals surface area contributed by atoms with Crippen LogP contribution in [-0.4, -0.2) is 29.9 Å². The Bertz CT molecular complexity index is 381. The zero-order valence-corrected chi connectivity index (χ0v) is 11.0. The molecular formula is C13H18O5. The standard InChI is InChI=1S/C13H18O5/c1-7(2)12(15)17-10-6-5-9(14)11(10)18-13(16)8(3)4/h5-8,10-11H,1-4H3. The van der Waals surface area contributed by atoms with E-state index in [0.29, 0.717) is 0 Å². The number of hydrogen-bond acceptors (Lipinski definition) is 5. The van der Waals surface area contributed by atoms with Crippen LogP contribution in [0.15, 0.2) is 12.2 Å². The Kier molecular flexibility index (Phi) is 4.64. The van der Waals surface area contributed by atoms with Crippen molar-refractivity contribution in [2.24, 2.45) is 11.8 Å². The molecule has 2 unspecified atom stereocenters. The van der Waals surface area contributed by atoms with E-state index in [9.17, 15) is 14.4 Å². The summed E-state index contributed by atoms with van der Waals surface area (Å²) < 4.78 is 10.2. The lowest BCUT2D eigenvalue weighted by Crippen LogP contribution is -2.37. The topological polar surface area (TPSA) is 69.7 Å². The van der Waals surface area contributed by atoms with E-state index in [0.717, 1.165) is 0 Å². The largest absolute Gasteiger partial charge is 0.453 e. The summed E-state index contributed by atoms with van der Waals surface area (Å²) in [7, 11) is 0. The summed E-state index contributed by atoms with van der Waals surface area (Å²) in [6, 6.07) is 0. The maximum atomic E-state index is 11.5. The molecule has 1 aliphatic rings. The lowest BCUT2D eigenvalue weighted by Gasteiger charge is -2.20. The highest BCUT2D eigenvalue weighted by molar-refractivity contribution is 5.98. The smallest absolute Gasteiger partial charge is 0.309 e.